The fourth-order valence-corrected chi connectivity index (χ4v) is 11.3. The highest BCUT2D eigenvalue weighted by Gasteiger charge is 2.51. The van der Waals surface area contributed by atoms with Crippen molar-refractivity contribution >= 4 is 54.3 Å². The van der Waals surface area contributed by atoms with E-state index in [1.807, 2.05) is 0 Å². The minimum atomic E-state index is -0.355. The number of benzene rings is 9. The fraction of sp³-hybridized carbons (Fsp3) is 0.0943. The summed E-state index contributed by atoms with van der Waals surface area (Å²) in [7, 11) is 0. The van der Waals surface area contributed by atoms with E-state index in [1.54, 1.807) is 0 Å². The third kappa shape index (κ3) is 3.42. The number of furan rings is 1. The van der Waals surface area contributed by atoms with Gasteiger partial charge in [-0.15, -0.1) is 0 Å². The zero-order chi connectivity index (χ0) is 35.3. The highest BCUT2D eigenvalue weighted by atomic mass is 16.3. The third-order valence-electron chi connectivity index (χ3n) is 13.6. The molecule has 0 saturated heterocycles. The molecule has 2 atom stereocenters. The summed E-state index contributed by atoms with van der Waals surface area (Å²) >= 11 is 0. The Balaban J connectivity index is 1.07. The molecule has 9 aromatic carbocycles. The Bertz CT molecular complexity index is 3240. The van der Waals surface area contributed by atoms with Crippen LogP contribution >= 0.6 is 0 Å². The summed E-state index contributed by atoms with van der Waals surface area (Å²) in [6, 6.07) is 62.0. The molecule has 0 fully saturated rings. The summed E-state index contributed by atoms with van der Waals surface area (Å²) in [5.74, 6) is 0.651. The maximum absolute atomic E-state index is 6.37. The van der Waals surface area contributed by atoms with Crippen LogP contribution in [0.4, 0.5) is 0 Å². The van der Waals surface area contributed by atoms with Crippen LogP contribution in [0.2, 0.25) is 0 Å². The lowest BCUT2D eigenvalue weighted by Gasteiger charge is -2.32. The van der Waals surface area contributed by atoms with Crippen molar-refractivity contribution in [3.63, 3.8) is 0 Å². The van der Waals surface area contributed by atoms with Gasteiger partial charge >= 0.3 is 0 Å². The number of fused-ring (bicyclic) bond motifs is 16. The standard InChI is InChI=1S/C53H34O/c1-30(31-24-25-37-36-16-5-9-23-49(36)54-50(37)27-31)41-26-32-12-10-17-39-43-29-48-44(28-42(43)40-19-11-18-38(41)52(40)51(32)39)35-15-4-8-22-47(35)53(48)45-20-6-2-13-33(45)34-14-3-7-21-46(34)53/h2-25,27-30,41H,26H2,1H3/t30-,41?/m0/s1. The normalized spacial score (nSPS) is 16.4. The van der Waals surface area contributed by atoms with Crippen molar-refractivity contribution in [1.29, 1.82) is 0 Å². The van der Waals surface area contributed by atoms with Crippen molar-refractivity contribution < 1.29 is 4.42 Å². The summed E-state index contributed by atoms with van der Waals surface area (Å²) in [5, 5.41) is 10.7. The molecule has 0 aliphatic heterocycles. The van der Waals surface area contributed by atoms with Crippen molar-refractivity contribution in [3.8, 4) is 22.3 Å². The second-order valence-corrected chi connectivity index (χ2v) is 15.9. The van der Waals surface area contributed by atoms with Crippen molar-refractivity contribution in [2.75, 3.05) is 0 Å². The first kappa shape index (κ1) is 29.1. The van der Waals surface area contributed by atoms with E-state index >= 15 is 0 Å². The lowest BCUT2D eigenvalue weighted by molar-refractivity contribution is 0.573. The molecule has 1 unspecified atom stereocenters. The van der Waals surface area contributed by atoms with Crippen LogP contribution < -0.4 is 0 Å². The summed E-state index contributed by atoms with van der Waals surface area (Å²) in [4.78, 5) is 0. The first-order valence-electron chi connectivity index (χ1n) is 19.3. The summed E-state index contributed by atoms with van der Waals surface area (Å²) < 4.78 is 6.37. The minimum absolute atomic E-state index is 0.307. The van der Waals surface area contributed by atoms with Gasteiger partial charge in [-0.25, -0.2) is 0 Å². The number of para-hydroxylation sites is 1. The molecule has 252 valence electrons. The number of rotatable bonds is 2. The van der Waals surface area contributed by atoms with Gasteiger partial charge in [-0.2, -0.15) is 0 Å². The zero-order valence-electron chi connectivity index (χ0n) is 29.9. The molecule has 0 N–H and O–H groups in total. The zero-order valence-corrected chi connectivity index (χ0v) is 29.9. The molecule has 54 heavy (non-hydrogen) atoms. The molecule has 10 aromatic rings. The highest BCUT2D eigenvalue weighted by molar-refractivity contribution is 6.28. The first-order valence-corrected chi connectivity index (χ1v) is 19.3. The van der Waals surface area contributed by atoms with Gasteiger partial charge in [0.1, 0.15) is 11.2 Å². The van der Waals surface area contributed by atoms with Crippen molar-refractivity contribution in [2.24, 2.45) is 0 Å². The molecule has 0 bridgehead atoms. The largest absolute Gasteiger partial charge is 0.456 e. The SMILES string of the molecule is C[C@@H](c1ccc2c(c1)oc1ccccc12)C1Cc2cccc3c4cc5c(cc4c4cccc1c4c23)-c1ccccc1C51c2ccccc2-c2ccccc21. The Hall–Kier alpha value is -6.44. The van der Waals surface area contributed by atoms with E-state index in [0.717, 1.165) is 17.6 Å². The van der Waals surface area contributed by atoms with Crippen LogP contribution in [0, 0.1) is 0 Å². The molecule has 1 spiro atoms. The Morgan fingerprint density at radius 1 is 0.463 bits per heavy atom. The maximum Gasteiger partial charge on any atom is 0.135 e. The average molecular weight is 687 g/mol. The molecule has 13 rings (SSSR count). The van der Waals surface area contributed by atoms with E-state index in [-0.39, 0.29) is 5.41 Å². The molecule has 1 heterocycles. The van der Waals surface area contributed by atoms with Gasteiger partial charge in [0.25, 0.3) is 0 Å². The molecule has 0 amide bonds. The van der Waals surface area contributed by atoms with Gasteiger partial charge in [-0.3, -0.25) is 0 Å². The second-order valence-electron chi connectivity index (χ2n) is 15.9. The van der Waals surface area contributed by atoms with Gasteiger partial charge in [0.05, 0.1) is 5.41 Å². The number of hydrogen-bond donors (Lipinski definition) is 0. The predicted octanol–water partition coefficient (Wildman–Crippen LogP) is 13.8. The Morgan fingerprint density at radius 2 is 1.06 bits per heavy atom. The molecule has 0 radical (unpaired) electrons. The molecule has 3 aliphatic carbocycles. The Kier molecular flexibility index (Phi) is 5.47. The molecule has 0 saturated carbocycles. The van der Waals surface area contributed by atoms with Gasteiger partial charge in [0, 0.05) is 10.8 Å². The lowest BCUT2D eigenvalue weighted by Crippen LogP contribution is -2.25. The summed E-state index contributed by atoms with van der Waals surface area (Å²) in [5.41, 5.74) is 16.8. The first-order chi connectivity index (χ1) is 26.7. The minimum Gasteiger partial charge on any atom is -0.456 e. The number of hydrogen-bond acceptors (Lipinski definition) is 1. The van der Waals surface area contributed by atoms with Crippen molar-refractivity contribution in [1.82, 2.24) is 0 Å². The topological polar surface area (TPSA) is 13.1 Å². The predicted molar refractivity (Wildman–Crippen MR) is 224 cm³/mol. The van der Waals surface area contributed by atoms with Gasteiger partial charge in [-0.05, 0) is 136 Å². The molecule has 3 aliphatic rings. The Labute approximate surface area is 313 Å². The van der Waals surface area contributed by atoms with Crippen LogP contribution in [0.25, 0.3) is 76.5 Å². The van der Waals surface area contributed by atoms with Crippen LogP contribution in [0.1, 0.15) is 57.7 Å². The van der Waals surface area contributed by atoms with Gasteiger partial charge in [0.15, 0.2) is 0 Å². The monoisotopic (exact) mass is 686 g/mol. The van der Waals surface area contributed by atoms with E-state index in [1.165, 1.54) is 104 Å². The quantitative estimate of drug-likeness (QED) is 0.165. The highest BCUT2D eigenvalue weighted by Crippen LogP contribution is 2.63. The lowest BCUT2D eigenvalue weighted by atomic mass is 9.69. The molecule has 1 heteroatoms. The maximum atomic E-state index is 6.37. The van der Waals surface area contributed by atoms with Crippen LogP contribution in [0.3, 0.4) is 0 Å². The third-order valence-corrected chi connectivity index (χ3v) is 13.6. The van der Waals surface area contributed by atoms with Crippen LogP contribution in [-0.2, 0) is 11.8 Å². The molecule has 1 aromatic heterocycles. The van der Waals surface area contributed by atoms with Gasteiger partial charge in [0.2, 0.25) is 0 Å². The molecular weight excluding hydrogens is 653 g/mol. The van der Waals surface area contributed by atoms with E-state index in [2.05, 4.69) is 171 Å². The Morgan fingerprint density at radius 3 is 1.81 bits per heavy atom. The molecular formula is C53H34O. The smallest absolute Gasteiger partial charge is 0.135 e. The van der Waals surface area contributed by atoms with Crippen LogP contribution in [0.15, 0.2) is 168 Å². The van der Waals surface area contributed by atoms with Crippen molar-refractivity contribution in [3.05, 3.63) is 203 Å². The van der Waals surface area contributed by atoms with E-state index in [9.17, 15) is 0 Å². The summed E-state index contributed by atoms with van der Waals surface area (Å²) in [6.45, 7) is 2.42. The van der Waals surface area contributed by atoms with Crippen LogP contribution in [-0.4, -0.2) is 0 Å². The fourth-order valence-electron chi connectivity index (χ4n) is 11.3. The van der Waals surface area contributed by atoms with E-state index < -0.39 is 0 Å². The van der Waals surface area contributed by atoms with Gasteiger partial charge in [-0.1, -0.05) is 146 Å². The average Bonchev–Trinajstić information content (AvgIpc) is 3.85. The second kappa shape index (κ2) is 10.2. The van der Waals surface area contributed by atoms with Gasteiger partial charge < -0.3 is 4.42 Å². The summed E-state index contributed by atoms with van der Waals surface area (Å²) in [6.07, 6.45) is 1.01. The van der Waals surface area contributed by atoms with Crippen molar-refractivity contribution in [2.45, 2.75) is 30.6 Å². The molecule has 1 nitrogen and oxygen atoms in total. The van der Waals surface area contributed by atoms with E-state index in [4.69, 9.17) is 4.42 Å². The van der Waals surface area contributed by atoms with Crippen LogP contribution in [0.5, 0.6) is 0 Å². The van der Waals surface area contributed by atoms with E-state index in [0.29, 0.717) is 11.8 Å².